The van der Waals surface area contributed by atoms with Gasteiger partial charge in [-0.05, 0) is 44.5 Å². The molecule has 0 amide bonds. The molecule has 0 atom stereocenters. The Balaban J connectivity index is 1.59. The number of nitrogens with zero attached hydrogens (tertiary/aromatic N) is 2. The average molecular weight is 372 g/mol. The minimum absolute atomic E-state index is 0.0392. The zero-order chi connectivity index (χ0) is 17.6. The summed E-state index contributed by atoms with van der Waals surface area (Å²) in [6.07, 6.45) is 0. The van der Waals surface area contributed by atoms with E-state index in [9.17, 15) is 4.79 Å². The molecule has 0 bridgehead atoms. The number of benzene rings is 1. The molecule has 0 radical (unpaired) electrons. The van der Waals surface area contributed by atoms with Crippen LogP contribution in [0.3, 0.4) is 0 Å². The Morgan fingerprint density at radius 1 is 1.20 bits per heavy atom. The van der Waals surface area contributed by atoms with Crippen LogP contribution in [-0.2, 0) is 0 Å². The van der Waals surface area contributed by atoms with Gasteiger partial charge in [0.05, 0.1) is 5.75 Å². The molecule has 3 heterocycles. The van der Waals surface area contributed by atoms with E-state index in [1.807, 2.05) is 6.92 Å². The number of carbonyl (C=O) groups is 1. The molecule has 0 unspecified atom stereocenters. The van der Waals surface area contributed by atoms with Gasteiger partial charge in [-0.25, -0.2) is 9.97 Å². The van der Waals surface area contributed by atoms with Crippen LogP contribution in [0.4, 0.5) is 0 Å². The van der Waals surface area contributed by atoms with E-state index in [1.165, 1.54) is 22.2 Å². The zero-order valence-corrected chi connectivity index (χ0v) is 15.7. The quantitative estimate of drug-likeness (QED) is 0.386. The molecule has 0 fully saturated rings. The Bertz CT molecular complexity index is 998. The molecule has 0 aliphatic carbocycles. The van der Waals surface area contributed by atoms with Crippen molar-refractivity contribution in [3.8, 4) is 11.5 Å². The monoisotopic (exact) mass is 372 g/mol. The second kappa shape index (κ2) is 6.31. The van der Waals surface area contributed by atoms with Gasteiger partial charge in [-0.1, -0.05) is 11.8 Å². The van der Waals surface area contributed by atoms with Crippen molar-refractivity contribution in [2.45, 2.75) is 25.8 Å². The first kappa shape index (κ1) is 16.4. The van der Waals surface area contributed by atoms with Gasteiger partial charge in [0.15, 0.2) is 17.3 Å². The van der Waals surface area contributed by atoms with E-state index in [0.29, 0.717) is 22.8 Å². The van der Waals surface area contributed by atoms with Gasteiger partial charge >= 0.3 is 0 Å². The third kappa shape index (κ3) is 2.98. The van der Waals surface area contributed by atoms with Crippen molar-refractivity contribution >= 4 is 39.1 Å². The number of fused-ring (bicyclic) bond motifs is 2. The number of Topliss-reactive ketones (excluding diaryl/α,β-unsaturated/α-hetero) is 1. The minimum Gasteiger partial charge on any atom is -0.454 e. The highest BCUT2D eigenvalue weighted by atomic mass is 32.2. The summed E-state index contributed by atoms with van der Waals surface area (Å²) in [5.41, 5.74) is 1.81. The number of ketones is 1. The van der Waals surface area contributed by atoms with Gasteiger partial charge in [-0.15, -0.1) is 11.3 Å². The molecule has 0 spiro atoms. The van der Waals surface area contributed by atoms with Crippen molar-refractivity contribution in [1.82, 2.24) is 9.97 Å². The predicted molar refractivity (Wildman–Crippen MR) is 99.2 cm³/mol. The van der Waals surface area contributed by atoms with E-state index in [0.717, 1.165) is 21.1 Å². The fraction of sp³-hybridized carbons (Fsp3) is 0.278. The Morgan fingerprint density at radius 3 is 2.84 bits per heavy atom. The molecular weight excluding hydrogens is 356 g/mol. The number of rotatable bonds is 4. The van der Waals surface area contributed by atoms with Gasteiger partial charge < -0.3 is 9.47 Å². The summed E-state index contributed by atoms with van der Waals surface area (Å²) >= 11 is 3.13. The minimum atomic E-state index is 0.0392. The topological polar surface area (TPSA) is 61.3 Å². The molecule has 3 aromatic rings. The van der Waals surface area contributed by atoms with Crippen LogP contribution in [0.1, 0.15) is 26.6 Å². The molecule has 0 N–H and O–H groups in total. The number of thiophene rings is 1. The first-order valence-corrected chi connectivity index (χ1v) is 9.63. The van der Waals surface area contributed by atoms with Crippen LogP contribution in [0.25, 0.3) is 10.2 Å². The Hall–Kier alpha value is -2.12. The number of aryl methyl sites for hydroxylation is 3. The molecule has 25 heavy (non-hydrogen) atoms. The van der Waals surface area contributed by atoms with Gasteiger partial charge in [-0.3, -0.25) is 4.79 Å². The highest BCUT2D eigenvalue weighted by Crippen LogP contribution is 2.36. The second-order valence-corrected chi connectivity index (χ2v) is 7.99. The summed E-state index contributed by atoms with van der Waals surface area (Å²) in [7, 11) is 0. The summed E-state index contributed by atoms with van der Waals surface area (Å²) in [5, 5.41) is 1.94. The van der Waals surface area contributed by atoms with E-state index < -0.39 is 0 Å². The molecule has 1 aliphatic rings. The van der Waals surface area contributed by atoms with E-state index in [-0.39, 0.29) is 12.6 Å². The maximum atomic E-state index is 12.6. The van der Waals surface area contributed by atoms with Gasteiger partial charge in [0.1, 0.15) is 15.7 Å². The van der Waals surface area contributed by atoms with E-state index >= 15 is 0 Å². The maximum Gasteiger partial charge on any atom is 0.231 e. The number of thioether (sulfide) groups is 1. The Kier molecular flexibility index (Phi) is 4.13. The largest absolute Gasteiger partial charge is 0.454 e. The fourth-order valence-electron chi connectivity index (χ4n) is 2.71. The molecule has 1 aliphatic heterocycles. The van der Waals surface area contributed by atoms with Crippen molar-refractivity contribution < 1.29 is 14.3 Å². The molecule has 4 rings (SSSR count). The first-order valence-electron chi connectivity index (χ1n) is 7.83. The summed E-state index contributed by atoms with van der Waals surface area (Å²) in [6.45, 7) is 6.25. The fourth-order valence-corrected chi connectivity index (χ4v) is 4.87. The van der Waals surface area contributed by atoms with Crippen LogP contribution in [0.2, 0.25) is 0 Å². The van der Waals surface area contributed by atoms with Crippen LogP contribution in [0.5, 0.6) is 11.5 Å². The summed E-state index contributed by atoms with van der Waals surface area (Å²) in [6, 6.07) is 5.29. The molecule has 0 saturated heterocycles. The molecule has 128 valence electrons. The Morgan fingerprint density at radius 2 is 2.00 bits per heavy atom. The molecule has 1 aromatic carbocycles. The highest BCUT2D eigenvalue weighted by Gasteiger charge is 2.18. The number of carbonyl (C=O) groups excluding carboxylic acids is 1. The van der Waals surface area contributed by atoms with Gasteiger partial charge in [0.2, 0.25) is 6.79 Å². The highest BCUT2D eigenvalue weighted by molar-refractivity contribution is 8.00. The van der Waals surface area contributed by atoms with E-state index in [1.54, 1.807) is 29.5 Å². The van der Waals surface area contributed by atoms with E-state index in [2.05, 4.69) is 23.8 Å². The molecule has 5 nitrogen and oxygen atoms in total. The van der Waals surface area contributed by atoms with E-state index in [4.69, 9.17) is 9.47 Å². The third-order valence-corrected chi connectivity index (χ3v) is 6.22. The van der Waals surface area contributed by atoms with Crippen molar-refractivity contribution in [2.24, 2.45) is 0 Å². The van der Waals surface area contributed by atoms with Crippen LogP contribution < -0.4 is 9.47 Å². The van der Waals surface area contributed by atoms with Crippen molar-refractivity contribution in [1.29, 1.82) is 0 Å². The first-order chi connectivity index (χ1) is 12.0. The smallest absolute Gasteiger partial charge is 0.231 e. The molecular formula is C18H16N2O3S2. The van der Waals surface area contributed by atoms with Gasteiger partial charge in [0, 0.05) is 15.8 Å². The number of hydrogen-bond acceptors (Lipinski definition) is 7. The Labute approximate surface area is 153 Å². The predicted octanol–water partition coefficient (Wildman–Crippen LogP) is 4.32. The third-order valence-electron chi connectivity index (χ3n) is 4.14. The lowest BCUT2D eigenvalue weighted by molar-refractivity contribution is 0.102. The van der Waals surface area contributed by atoms with Gasteiger partial charge in [0.25, 0.3) is 0 Å². The lowest BCUT2D eigenvalue weighted by Crippen LogP contribution is -2.03. The number of hydrogen-bond donors (Lipinski definition) is 0. The lowest BCUT2D eigenvalue weighted by Gasteiger charge is -2.05. The molecule has 0 saturated carbocycles. The molecule has 2 aromatic heterocycles. The van der Waals surface area contributed by atoms with Gasteiger partial charge in [-0.2, -0.15) is 0 Å². The number of ether oxygens (including phenoxy) is 2. The van der Waals surface area contributed by atoms with Crippen LogP contribution in [0.15, 0.2) is 23.2 Å². The second-order valence-electron chi connectivity index (χ2n) is 5.82. The van der Waals surface area contributed by atoms with Crippen LogP contribution in [0, 0.1) is 20.8 Å². The summed E-state index contributed by atoms with van der Waals surface area (Å²) < 4.78 is 10.6. The van der Waals surface area contributed by atoms with Crippen molar-refractivity contribution in [3.05, 3.63) is 40.0 Å². The average Bonchev–Trinajstić information content (AvgIpc) is 3.16. The molecule has 7 heteroatoms. The summed E-state index contributed by atoms with van der Waals surface area (Å²) in [4.78, 5) is 23.9. The number of aromatic nitrogens is 2. The lowest BCUT2D eigenvalue weighted by atomic mass is 10.1. The summed E-state index contributed by atoms with van der Waals surface area (Å²) in [5.74, 6) is 2.39. The van der Waals surface area contributed by atoms with Crippen molar-refractivity contribution in [2.75, 3.05) is 12.5 Å². The van der Waals surface area contributed by atoms with Crippen molar-refractivity contribution in [3.63, 3.8) is 0 Å². The zero-order valence-electron chi connectivity index (χ0n) is 14.1. The van der Waals surface area contributed by atoms with Crippen LogP contribution in [-0.4, -0.2) is 28.3 Å². The SMILES string of the molecule is Cc1nc(SCC(=O)c2ccc3c(c2)OCO3)c2c(C)c(C)sc2n1. The maximum absolute atomic E-state index is 12.6. The standard InChI is InChI=1S/C18H16N2O3S2/c1-9-10(2)25-18-16(9)17(19-11(3)20-18)24-7-13(21)12-4-5-14-15(6-12)23-8-22-14/h4-6H,7-8H2,1-3H3. The van der Waals surface area contributed by atoms with Crippen LogP contribution >= 0.6 is 23.1 Å². The normalized spacial score (nSPS) is 12.8.